The lowest BCUT2D eigenvalue weighted by atomic mass is 9.84. The molecule has 0 bridgehead atoms. The first-order valence-corrected chi connectivity index (χ1v) is 20.4. The fourth-order valence-electron chi connectivity index (χ4n) is 6.00. The molecule has 0 amide bonds. The van der Waals surface area contributed by atoms with Gasteiger partial charge in [0.15, 0.2) is 0 Å². The quantitative estimate of drug-likeness (QED) is 0.0643. The third-order valence-electron chi connectivity index (χ3n) is 8.93. The Morgan fingerprint density at radius 1 is 0.488 bits per heavy atom. The van der Waals surface area contributed by atoms with E-state index in [1.54, 1.807) is 0 Å². The highest BCUT2D eigenvalue weighted by Gasteiger charge is 2.44. The molecule has 244 valence electrons. The van der Waals surface area contributed by atoms with Crippen LogP contribution < -0.4 is 0 Å². The summed E-state index contributed by atoms with van der Waals surface area (Å²) in [5.74, 6) is 5.00. The van der Waals surface area contributed by atoms with Crippen molar-refractivity contribution in [3.63, 3.8) is 0 Å². The molecule has 1 heterocycles. The molecule has 2 aliphatic rings. The minimum atomic E-state index is -0.667. The van der Waals surface area contributed by atoms with Crippen LogP contribution in [0.4, 0.5) is 0 Å². The van der Waals surface area contributed by atoms with Gasteiger partial charge in [0.25, 0.3) is 0 Å². The van der Waals surface area contributed by atoms with Crippen molar-refractivity contribution in [1.29, 1.82) is 0 Å². The summed E-state index contributed by atoms with van der Waals surface area (Å²) in [7, 11) is 0. The van der Waals surface area contributed by atoms with E-state index >= 15 is 0 Å². The summed E-state index contributed by atoms with van der Waals surface area (Å²) in [6, 6.07) is 0. The first kappa shape index (κ1) is 37.7. The molecule has 1 saturated carbocycles. The lowest BCUT2D eigenvalue weighted by Gasteiger charge is -2.41. The number of hydrogen-bond acceptors (Lipinski definition) is 6. The maximum atomic E-state index is 5.79. The minimum Gasteiger partial charge on any atom is -0.198 e. The Bertz CT molecular complexity index is 497. The zero-order valence-electron chi connectivity index (χ0n) is 27.3. The summed E-state index contributed by atoms with van der Waals surface area (Å²) in [5, 5.41) is 0. The Balaban J connectivity index is 1.33. The SMILES string of the molecule is CCCCCCCCCCCCSCCC1CCC2(CC1)OOC(CCSCCCCCCCCCCCC)OO2. The van der Waals surface area contributed by atoms with Gasteiger partial charge < -0.3 is 0 Å². The zero-order valence-corrected chi connectivity index (χ0v) is 29.0. The Kier molecular flexibility index (Phi) is 24.8. The van der Waals surface area contributed by atoms with Gasteiger partial charge in [-0.1, -0.05) is 129 Å². The Morgan fingerprint density at radius 2 is 0.878 bits per heavy atom. The molecule has 0 radical (unpaired) electrons. The van der Waals surface area contributed by atoms with Gasteiger partial charge in [0, 0.05) is 19.3 Å². The molecule has 1 saturated heterocycles. The first-order valence-electron chi connectivity index (χ1n) is 18.1. The summed E-state index contributed by atoms with van der Waals surface area (Å²) in [6.07, 6.45) is 34.0. The van der Waals surface area contributed by atoms with Crippen molar-refractivity contribution in [3.05, 3.63) is 0 Å². The molecule has 0 aromatic carbocycles. The topological polar surface area (TPSA) is 36.9 Å². The number of unbranched alkanes of at least 4 members (excludes halogenated alkanes) is 18. The van der Waals surface area contributed by atoms with E-state index in [4.69, 9.17) is 19.6 Å². The van der Waals surface area contributed by atoms with E-state index in [1.165, 1.54) is 152 Å². The van der Waals surface area contributed by atoms with E-state index in [1.807, 2.05) is 11.8 Å². The van der Waals surface area contributed by atoms with Crippen LogP contribution >= 0.6 is 23.5 Å². The molecule has 41 heavy (non-hydrogen) atoms. The molecule has 0 aromatic rings. The standard InChI is InChI=1S/C35H68O4S2/c1-3-5-7-9-11-13-15-17-19-21-29-40-31-25-33-23-27-35(28-24-33)38-36-34(37-39-35)26-32-41-30-22-20-18-16-14-12-10-8-6-4-2/h33-34H,3-32H2,1-2H3. The highest BCUT2D eigenvalue weighted by Crippen LogP contribution is 2.40. The van der Waals surface area contributed by atoms with E-state index in [0.29, 0.717) is 0 Å². The zero-order chi connectivity index (χ0) is 29.1. The van der Waals surface area contributed by atoms with E-state index in [0.717, 1.165) is 43.8 Å². The number of thioether (sulfide) groups is 2. The van der Waals surface area contributed by atoms with Crippen LogP contribution in [-0.2, 0) is 19.6 Å². The number of rotatable bonds is 28. The van der Waals surface area contributed by atoms with Gasteiger partial charge in [-0.15, -0.1) is 0 Å². The summed E-state index contributed by atoms with van der Waals surface area (Å²) < 4.78 is 0. The third kappa shape index (κ3) is 20.2. The molecule has 2 fully saturated rings. The van der Waals surface area contributed by atoms with Crippen molar-refractivity contribution in [2.45, 2.75) is 193 Å². The van der Waals surface area contributed by atoms with Gasteiger partial charge in [0.1, 0.15) is 0 Å². The van der Waals surface area contributed by atoms with E-state index < -0.39 is 5.79 Å². The maximum Gasteiger partial charge on any atom is 0.234 e. The number of hydrogen-bond donors (Lipinski definition) is 0. The molecule has 1 aliphatic carbocycles. The van der Waals surface area contributed by atoms with Gasteiger partial charge in [0.2, 0.25) is 12.1 Å². The molecular weight excluding hydrogens is 549 g/mol. The van der Waals surface area contributed by atoms with Crippen LogP contribution in [0.3, 0.4) is 0 Å². The molecule has 2 rings (SSSR count). The smallest absolute Gasteiger partial charge is 0.198 e. The van der Waals surface area contributed by atoms with Crippen LogP contribution in [0.5, 0.6) is 0 Å². The third-order valence-corrected chi connectivity index (χ3v) is 11.1. The predicted molar refractivity (Wildman–Crippen MR) is 180 cm³/mol. The molecule has 1 aliphatic heterocycles. The fourth-order valence-corrected chi connectivity index (χ4v) is 8.08. The van der Waals surface area contributed by atoms with Crippen molar-refractivity contribution in [2.75, 3.05) is 23.0 Å². The van der Waals surface area contributed by atoms with Crippen LogP contribution in [0.1, 0.15) is 181 Å². The molecule has 6 heteroatoms. The lowest BCUT2D eigenvalue weighted by molar-refractivity contribution is -0.629. The molecular formula is C35H68O4S2. The summed E-state index contributed by atoms with van der Waals surface area (Å²) in [4.78, 5) is 22.8. The summed E-state index contributed by atoms with van der Waals surface area (Å²) >= 11 is 4.15. The van der Waals surface area contributed by atoms with Gasteiger partial charge in [0.05, 0.1) is 0 Å². The van der Waals surface area contributed by atoms with E-state index in [2.05, 4.69) is 25.6 Å². The molecule has 0 atom stereocenters. The van der Waals surface area contributed by atoms with Crippen LogP contribution in [0.2, 0.25) is 0 Å². The van der Waals surface area contributed by atoms with Crippen molar-refractivity contribution in [1.82, 2.24) is 0 Å². The highest BCUT2D eigenvalue weighted by atomic mass is 32.2. The van der Waals surface area contributed by atoms with Crippen LogP contribution in [0, 0.1) is 5.92 Å². The van der Waals surface area contributed by atoms with E-state index in [9.17, 15) is 0 Å². The molecule has 0 N–H and O–H groups in total. The Hall–Kier alpha value is 0.540. The Labute approximate surface area is 264 Å². The first-order chi connectivity index (χ1) is 20.3. The van der Waals surface area contributed by atoms with Gasteiger partial charge >= 0.3 is 0 Å². The van der Waals surface area contributed by atoms with Crippen molar-refractivity contribution >= 4 is 23.5 Å². The van der Waals surface area contributed by atoms with Crippen LogP contribution in [-0.4, -0.2) is 35.1 Å². The fraction of sp³-hybridized carbons (Fsp3) is 1.00. The molecule has 0 aromatic heterocycles. The van der Waals surface area contributed by atoms with Crippen LogP contribution in [0.15, 0.2) is 0 Å². The average molecular weight is 617 g/mol. The van der Waals surface area contributed by atoms with Crippen molar-refractivity contribution in [2.24, 2.45) is 5.92 Å². The second-order valence-electron chi connectivity index (χ2n) is 12.8. The minimum absolute atomic E-state index is 0.388. The largest absolute Gasteiger partial charge is 0.234 e. The normalized spacial score (nSPS) is 23.0. The van der Waals surface area contributed by atoms with Crippen molar-refractivity contribution < 1.29 is 19.6 Å². The second kappa shape index (κ2) is 26.9. The molecule has 4 nitrogen and oxygen atoms in total. The van der Waals surface area contributed by atoms with Gasteiger partial charge in [-0.2, -0.15) is 43.1 Å². The lowest BCUT2D eigenvalue weighted by Crippen LogP contribution is -2.46. The molecule has 1 spiro atoms. The average Bonchev–Trinajstić information content (AvgIpc) is 3.00. The summed E-state index contributed by atoms with van der Waals surface area (Å²) in [6.45, 7) is 4.58. The van der Waals surface area contributed by atoms with Gasteiger partial charge in [-0.25, -0.2) is 0 Å². The Morgan fingerprint density at radius 3 is 1.32 bits per heavy atom. The van der Waals surface area contributed by atoms with Crippen LogP contribution in [0.25, 0.3) is 0 Å². The maximum absolute atomic E-state index is 5.79. The highest BCUT2D eigenvalue weighted by molar-refractivity contribution is 7.99. The second-order valence-corrected chi connectivity index (χ2v) is 15.3. The van der Waals surface area contributed by atoms with Gasteiger partial charge in [-0.05, 0) is 61.0 Å². The van der Waals surface area contributed by atoms with Gasteiger partial charge in [-0.3, -0.25) is 0 Å². The van der Waals surface area contributed by atoms with Crippen molar-refractivity contribution in [3.8, 4) is 0 Å². The predicted octanol–water partition coefficient (Wildman–Crippen LogP) is 12.2. The summed E-state index contributed by atoms with van der Waals surface area (Å²) in [5.41, 5.74) is 0. The molecule has 0 unspecified atom stereocenters. The monoisotopic (exact) mass is 616 g/mol. The van der Waals surface area contributed by atoms with E-state index in [-0.39, 0.29) is 6.29 Å².